The van der Waals surface area contributed by atoms with Crippen LogP contribution in [0, 0.1) is 6.92 Å². The fraction of sp³-hybridized carbons (Fsp3) is 0.500. The maximum atomic E-state index is 12.6. The van der Waals surface area contributed by atoms with Crippen molar-refractivity contribution in [2.75, 3.05) is 31.9 Å². The highest BCUT2D eigenvalue weighted by atomic mass is 16.2. The highest BCUT2D eigenvalue weighted by Gasteiger charge is 2.22. The second kappa shape index (κ2) is 6.61. The number of hydrogen-bond donors (Lipinski definition) is 1. The van der Waals surface area contributed by atoms with Crippen molar-refractivity contribution in [3.63, 3.8) is 0 Å². The minimum Gasteiger partial charge on any atom is -0.399 e. The average molecular weight is 289 g/mol. The van der Waals surface area contributed by atoms with E-state index in [1.807, 2.05) is 35.8 Å². The van der Waals surface area contributed by atoms with Gasteiger partial charge in [-0.15, -0.1) is 0 Å². The van der Waals surface area contributed by atoms with E-state index in [0.29, 0.717) is 37.3 Å². The molecule has 0 atom stereocenters. The maximum Gasteiger partial charge on any atom is 0.253 e. The third kappa shape index (κ3) is 3.74. The van der Waals surface area contributed by atoms with Crippen molar-refractivity contribution in [2.24, 2.45) is 0 Å². The summed E-state index contributed by atoms with van der Waals surface area (Å²) in [6, 6.07) is 5.43. The van der Waals surface area contributed by atoms with Gasteiger partial charge < -0.3 is 15.5 Å². The summed E-state index contributed by atoms with van der Waals surface area (Å²) in [5.41, 5.74) is 8.03. The Balaban J connectivity index is 2.08. The molecule has 1 fully saturated rings. The fourth-order valence-electron chi connectivity index (χ4n) is 2.71. The van der Waals surface area contributed by atoms with Crippen LogP contribution in [-0.4, -0.2) is 47.8 Å². The maximum absolute atomic E-state index is 12.6. The van der Waals surface area contributed by atoms with Crippen LogP contribution in [0.5, 0.6) is 0 Å². The molecule has 5 nitrogen and oxygen atoms in total. The quantitative estimate of drug-likeness (QED) is 0.842. The van der Waals surface area contributed by atoms with Gasteiger partial charge in [0.25, 0.3) is 5.91 Å². The normalized spacial score (nSPS) is 15.7. The molecule has 1 saturated heterocycles. The predicted octanol–water partition coefficient (Wildman–Crippen LogP) is 1.66. The Morgan fingerprint density at radius 1 is 1.10 bits per heavy atom. The first-order chi connectivity index (χ1) is 10.0. The monoisotopic (exact) mass is 289 g/mol. The third-order valence-electron chi connectivity index (χ3n) is 3.78. The van der Waals surface area contributed by atoms with Crippen LogP contribution in [0.25, 0.3) is 0 Å². The molecule has 5 heteroatoms. The molecule has 0 aromatic heterocycles. The molecule has 1 aliphatic heterocycles. The number of carbonyl (C=O) groups is 2. The van der Waals surface area contributed by atoms with Crippen molar-refractivity contribution >= 4 is 17.5 Å². The summed E-state index contributed by atoms with van der Waals surface area (Å²) in [4.78, 5) is 28.0. The first-order valence-electron chi connectivity index (χ1n) is 7.45. The molecule has 2 amide bonds. The Hall–Kier alpha value is -2.04. The average Bonchev–Trinajstić information content (AvgIpc) is 2.70. The fourth-order valence-corrected chi connectivity index (χ4v) is 2.71. The standard InChI is InChI=1S/C16H23N3O2/c1-3-15(20)18-5-4-6-19(8-7-18)16(21)13-9-12(2)10-14(17)11-13/h9-11H,3-8,17H2,1-2H3. The number of aryl methyl sites for hydroxylation is 1. The number of benzene rings is 1. The van der Waals surface area contributed by atoms with E-state index in [1.54, 1.807) is 6.07 Å². The van der Waals surface area contributed by atoms with Gasteiger partial charge in [0.1, 0.15) is 0 Å². The number of carbonyl (C=O) groups excluding carboxylic acids is 2. The van der Waals surface area contributed by atoms with Crippen molar-refractivity contribution in [1.29, 1.82) is 0 Å². The summed E-state index contributed by atoms with van der Waals surface area (Å²) in [5.74, 6) is 0.153. The van der Waals surface area contributed by atoms with Crippen molar-refractivity contribution in [3.8, 4) is 0 Å². The zero-order chi connectivity index (χ0) is 15.4. The molecule has 0 aliphatic carbocycles. The van der Waals surface area contributed by atoms with E-state index in [2.05, 4.69) is 0 Å². The van der Waals surface area contributed by atoms with Crippen molar-refractivity contribution in [1.82, 2.24) is 9.80 Å². The molecular formula is C16H23N3O2. The van der Waals surface area contributed by atoms with Gasteiger partial charge >= 0.3 is 0 Å². The van der Waals surface area contributed by atoms with E-state index in [0.717, 1.165) is 18.5 Å². The molecule has 0 saturated carbocycles. The second-order valence-corrected chi connectivity index (χ2v) is 5.51. The van der Waals surface area contributed by atoms with Crippen LogP contribution >= 0.6 is 0 Å². The van der Waals surface area contributed by atoms with E-state index >= 15 is 0 Å². The summed E-state index contributed by atoms with van der Waals surface area (Å²) in [6.45, 7) is 6.40. The molecular weight excluding hydrogens is 266 g/mol. The van der Waals surface area contributed by atoms with E-state index < -0.39 is 0 Å². The van der Waals surface area contributed by atoms with E-state index in [4.69, 9.17) is 5.73 Å². The molecule has 1 heterocycles. The summed E-state index contributed by atoms with van der Waals surface area (Å²) < 4.78 is 0. The Morgan fingerprint density at radius 3 is 2.43 bits per heavy atom. The number of nitrogen functional groups attached to an aromatic ring is 1. The molecule has 0 bridgehead atoms. The van der Waals surface area contributed by atoms with Crippen molar-refractivity contribution < 1.29 is 9.59 Å². The topological polar surface area (TPSA) is 66.6 Å². The molecule has 21 heavy (non-hydrogen) atoms. The Morgan fingerprint density at radius 2 is 1.76 bits per heavy atom. The molecule has 114 valence electrons. The van der Waals surface area contributed by atoms with Gasteiger partial charge in [0, 0.05) is 43.9 Å². The van der Waals surface area contributed by atoms with Gasteiger partial charge in [-0.05, 0) is 37.1 Å². The third-order valence-corrected chi connectivity index (χ3v) is 3.78. The molecule has 0 unspecified atom stereocenters. The molecule has 1 aromatic carbocycles. The lowest BCUT2D eigenvalue weighted by atomic mass is 10.1. The number of rotatable bonds is 2. The van der Waals surface area contributed by atoms with Gasteiger partial charge in [-0.2, -0.15) is 0 Å². The number of hydrogen-bond acceptors (Lipinski definition) is 3. The highest BCUT2D eigenvalue weighted by molar-refractivity contribution is 5.95. The van der Waals surface area contributed by atoms with Gasteiger partial charge in [-0.25, -0.2) is 0 Å². The predicted molar refractivity (Wildman–Crippen MR) is 83.0 cm³/mol. The van der Waals surface area contributed by atoms with Crippen LogP contribution in [0.2, 0.25) is 0 Å². The zero-order valence-electron chi connectivity index (χ0n) is 12.8. The summed E-state index contributed by atoms with van der Waals surface area (Å²) in [6.07, 6.45) is 1.33. The SMILES string of the molecule is CCC(=O)N1CCCN(C(=O)c2cc(C)cc(N)c2)CC1. The first kappa shape index (κ1) is 15.4. The van der Waals surface area contributed by atoms with Gasteiger partial charge in [0.15, 0.2) is 0 Å². The lowest BCUT2D eigenvalue weighted by Gasteiger charge is -2.22. The van der Waals surface area contributed by atoms with Crippen LogP contribution in [-0.2, 0) is 4.79 Å². The lowest BCUT2D eigenvalue weighted by molar-refractivity contribution is -0.130. The summed E-state index contributed by atoms with van der Waals surface area (Å²) in [7, 11) is 0. The second-order valence-electron chi connectivity index (χ2n) is 5.51. The molecule has 2 N–H and O–H groups in total. The Kier molecular flexibility index (Phi) is 4.83. The van der Waals surface area contributed by atoms with Crippen LogP contribution in [0.15, 0.2) is 18.2 Å². The van der Waals surface area contributed by atoms with Crippen molar-refractivity contribution in [3.05, 3.63) is 29.3 Å². The summed E-state index contributed by atoms with van der Waals surface area (Å²) in [5, 5.41) is 0. The van der Waals surface area contributed by atoms with Crippen molar-refractivity contribution in [2.45, 2.75) is 26.7 Å². The Labute approximate surface area is 125 Å². The smallest absolute Gasteiger partial charge is 0.253 e. The number of anilines is 1. The molecule has 0 radical (unpaired) electrons. The summed E-state index contributed by atoms with van der Waals surface area (Å²) >= 11 is 0. The molecule has 1 aliphatic rings. The highest BCUT2D eigenvalue weighted by Crippen LogP contribution is 2.15. The van der Waals surface area contributed by atoms with E-state index in [1.165, 1.54) is 0 Å². The lowest BCUT2D eigenvalue weighted by Crippen LogP contribution is -2.37. The van der Waals surface area contributed by atoms with Gasteiger partial charge in [0.05, 0.1) is 0 Å². The van der Waals surface area contributed by atoms with Gasteiger partial charge in [-0.1, -0.05) is 6.92 Å². The van der Waals surface area contributed by atoms with E-state index in [-0.39, 0.29) is 11.8 Å². The molecule has 1 aromatic rings. The number of nitrogens with two attached hydrogens (primary N) is 1. The Bertz CT molecular complexity index is 522. The van der Waals surface area contributed by atoms with Gasteiger partial charge in [0.2, 0.25) is 5.91 Å². The molecule has 0 spiro atoms. The minimum atomic E-state index is -0.00352. The minimum absolute atomic E-state index is 0.00352. The van der Waals surface area contributed by atoms with Crippen LogP contribution in [0.3, 0.4) is 0 Å². The van der Waals surface area contributed by atoms with Crippen LogP contribution in [0.1, 0.15) is 35.7 Å². The number of nitrogens with zero attached hydrogens (tertiary/aromatic N) is 2. The van der Waals surface area contributed by atoms with Gasteiger partial charge in [-0.3, -0.25) is 9.59 Å². The number of amides is 2. The molecule has 2 rings (SSSR count). The van der Waals surface area contributed by atoms with Crippen LogP contribution in [0.4, 0.5) is 5.69 Å². The first-order valence-corrected chi connectivity index (χ1v) is 7.45. The van der Waals surface area contributed by atoms with E-state index in [9.17, 15) is 9.59 Å². The zero-order valence-corrected chi connectivity index (χ0v) is 12.8. The van der Waals surface area contributed by atoms with Crippen LogP contribution < -0.4 is 5.73 Å². The largest absolute Gasteiger partial charge is 0.399 e.